The van der Waals surface area contributed by atoms with Crippen molar-refractivity contribution in [3.63, 3.8) is 0 Å². The summed E-state index contributed by atoms with van der Waals surface area (Å²) in [6, 6.07) is 0. The number of carbonyl (C=O) groups is 2. The topological polar surface area (TPSA) is 108 Å². The number of hydrogen-bond acceptors (Lipinski definition) is 7. The molecule has 0 saturated carbocycles. The molecule has 0 rings (SSSR count). The second-order valence-corrected chi connectivity index (χ2v) is 19.0. The second-order valence-electron chi connectivity index (χ2n) is 17.5. The van der Waals surface area contributed by atoms with Crippen LogP contribution in [0.15, 0.2) is 12.2 Å². The number of allylic oxidation sites excluding steroid dienone is 2. The average Bonchev–Trinajstić information content (AvgIpc) is 3.16. The van der Waals surface area contributed by atoms with Gasteiger partial charge in [0.1, 0.15) is 19.8 Å². The first-order valence-corrected chi connectivity index (χ1v) is 25.4. The van der Waals surface area contributed by atoms with Crippen molar-refractivity contribution in [1.29, 1.82) is 0 Å². The van der Waals surface area contributed by atoms with E-state index in [1.807, 2.05) is 21.1 Å². The SMILES string of the molecule is CCCCCC/C=C/CCCCCCCC(=O)O[C@H](COC(=O)CCCCCCCCCCCCCCCCCCCCCC)COP(=O)(O)OCC[N+](C)(C)C. The molecule has 0 aromatic rings. The lowest BCUT2D eigenvalue weighted by Crippen LogP contribution is -2.37. The molecular formula is C47H93NO8P+. The van der Waals surface area contributed by atoms with Crippen LogP contribution in [0.5, 0.6) is 0 Å². The summed E-state index contributed by atoms with van der Waals surface area (Å²) in [7, 11) is 1.48. The summed E-state index contributed by atoms with van der Waals surface area (Å²) in [5.41, 5.74) is 0. The molecule has 0 fully saturated rings. The van der Waals surface area contributed by atoms with Gasteiger partial charge in [0.2, 0.25) is 0 Å². The fourth-order valence-electron chi connectivity index (χ4n) is 6.77. The van der Waals surface area contributed by atoms with Gasteiger partial charge in [-0.05, 0) is 38.5 Å². The van der Waals surface area contributed by atoms with Gasteiger partial charge >= 0.3 is 19.8 Å². The van der Waals surface area contributed by atoms with Crippen LogP contribution in [0.25, 0.3) is 0 Å². The average molecular weight is 831 g/mol. The molecule has 57 heavy (non-hydrogen) atoms. The van der Waals surface area contributed by atoms with Crippen molar-refractivity contribution in [1.82, 2.24) is 0 Å². The van der Waals surface area contributed by atoms with E-state index in [9.17, 15) is 19.0 Å². The lowest BCUT2D eigenvalue weighted by Gasteiger charge is -2.24. The van der Waals surface area contributed by atoms with Crippen LogP contribution in [0.3, 0.4) is 0 Å². The van der Waals surface area contributed by atoms with Gasteiger partial charge in [0.25, 0.3) is 0 Å². The predicted octanol–water partition coefficient (Wildman–Crippen LogP) is 13.8. The maximum atomic E-state index is 12.7. The zero-order valence-corrected chi connectivity index (χ0v) is 39.0. The summed E-state index contributed by atoms with van der Waals surface area (Å²) in [6.45, 7) is 4.43. The first kappa shape index (κ1) is 55.8. The van der Waals surface area contributed by atoms with Gasteiger partial charge < -0.3 is 18.9 Å². The quantitative estimate of drug-likeness (QED) is 0.0213. The Morgan fingerprint density at radius 3 is 1.32 bits per heavy atom. The number of esters is 2. The number of quaternary nitrogens is 1. The Kier molecular flexibility index (Phi) is 39.3. The molecule has 0 bridgehead atoms. The number of phosphoric ester groups is 1. The fourth-order valence-corrected chi connectivity index (χ4v) is 7.52. The third kappa shape index (κ3) is 44.1. The molecule has 0 radical (unpaired) electrons. The molecule has 0 aliphatic heterocycles. The molecule has 0 heterocycles. The zero-order valence-electron chi connectivity index (χ0n) is 38.1. The van der Waals surface area contributed by atoms with E-state index >= 15 is 0 Å². The summed E-state index contributed by atoms with van der Waals surface area (Å²) in [4.78, 5) is 35.4. The van der Waals surface area contributed by atoms with Crippen LogP contribution >= 0.6 is 7.82 Å². The molecule has 0 amide bonds. The molecule has 0 aliphatic rings. The van der Waals surface area contributed by atoms with Crippen molar-refractivity contribution in [2.75, 3.05) is 47.5 Å². The van der Waals surface area contributed by atoms with Gasteiger partial charge in [-0.15, -0.1) is 0 Å². The van der Waals surface area contributed by atoms with Crippen LogP contribution in [0.1, 0.15) is 226 Å². The molecule has 0 saturated heterocycles. The Morgan fingerprint density at radius 1 is 0.526 bits per heavy atom. The number of phosphoric acid groups is 1. The van der Waals surface area contributed by atoms with Crippen LogP contribution < -0.4 is 0 Å². The van der Waals surface area contributed by atoms with Crippen LogP contribution in [0.2, 0.25) is 0 Å². The third-order valence-electron chi connectivity index (χ3n) is 10.5. The van der Waals surface area contributed by atoms with Gasteiger partial charge in [0, 0.05) is 12.8 Å². The predicted molar refractivity (Wildman–Crippen MR) is 238 cm³/mol. The summed E-state index contributed by atoms with van der Waals surface area (Å²) >= 11 is 0. The van der Waals surface area contributed by atoms with Crippen LogP contribution in [-0.2, 0) is 32.7 Å². The van der Waals surface area contributed by atoms with E-state index in [0.29, 0.717) is 23.9 Å². The molecule has 0 aromatic heterocycles. The lowest BCUT2D eigenvalue weighted by atomic mass is 10.0. The molecule has 0 aliphatic carbocycles. The minimum absolute atomic E-state index is 0.0333. The number of nitrogens with zero attached hydrogens (tertiary/aromatic N) is 1. The second kappa shape index (κ2) is 40.2. The van der Waals surface area contributed by atoms with Gasteiger partial charge in [-0.2, -0.15) is 0 Å². The summed E-state index contributed by atoms with van der Waals surface area (Å²) in [6.07, 6.45) is 42.6. The van der Waals surface area contributed by atoms with E-state index in [1.54, 1.807) is 0 Å². The number of carbonyl (C=O) groups excluding carboxylic acids is 2. The molecule has 2 atom stereocenters. The van der Waals surface area contributed by atoms with E-state index in [2.05, 4.69) is 26.0 Å². The standard InChI is InChI=1S/C47H92NO8P/c1-6-8-10-12-14-16-18-20-21-22-23-24-25-26-28-29-31-33-35-37-39-46(49)53-43-45(44-55-57(51,52)54-42-41-48(3,4)5)56-47(50)40-38-36-34-32-30-27-19-17-15-13-11-9-7-2/h17,19,45H,6-16,18,20-44H2,1-5H3/p+1/b19-17+/t45-/m1/s1. The largest absolute Gasteiger partial charge is 0.472 e. The first-order chi connectivity index (χ1) is 27.5. The molecule has 1 unspecified atom stereocenters. The molecular weight excluding hydrogens is 737 g/mol. The van der Waals surface area contributed by atoms with E-state index in [1.165, 1.54) is 141 Å². The highest BCUT2D eigenvalue weighted by Crippen LogP contribution is 2.43. The molecule has 0 spiro atoms. The van der Waals surface area contributed by atoms with E-state index < -0.39 is 26.5 Å². The highest BCUT2D eigenvalue weighted by atomic mass is 31.2. The van der Waals surface area contributed by atoms with Crippen molar-refractivity contribution >= 4 is 19.8 Å². The highest BCUT2D eigenvalue weighted by Gasteiger charge is 2.27. The van der Waals surface area contributed by atoms with E-state index in [4.69, 9.17) is 18.5 Å². The zero-order chi connectivity index (χ0) is 42.1. The number of ether oxygens (including phenoxy) is 2. The van der Waals surface area contributed by atoms with Crippen molar-refractivity contribution in [2.45, 2.75) is 232 Å². The molecule has 338 valence electrons. The summed E-state index contributed by atoms with van der Waals surface area (Å²) in [5.74, 6) is -0.797. The van der Waals surface area contributed by atoms with Gasteiger partial charge in [0.15, 0.2) is 6.10 Å². The maximum Gasteiger partial charge on any atom is 0.472 e. The van der Waals surface area contributed by atoms with Crippen molar-refractivity contribution in [3.8, 4) is 0 Å². The normalized spacial score (nSPS) is 13.6. The minimum Gasteiger partial charge on any atom is -0.462 e. The minimum atomic E-state index is -4.37. The van der Waals surface area contributed by atoms with Crippen molar-refractivity contribution in [3.05, 3.63) is 12.2 Å². The Morgan fingerprint density at radius 2 is 0.895 bits per heavy atom. The van der Waals surface area contributed by atoms with Crippen LogP contribution in [0, 0.1) is 0 Å². The fraction of sp³-hybridized carbons (Fsp3) is 0.915. The Labute approximate surface area is 352 Å². The monoisotopic (exact) mass is 831 g/mol. The van der Waals surface area contributed by atoms with Crippen molar-refractivity contribution < 1.29 is 42.1 Å². The number of rotatable bonds is 44. The number of hydrogen-bond donors (Lipinski definition) is 1. The van der Waals surface area contributed by atoms with Crippen molar-refractivity contribution in [2.24, 2.45) is 0 Å². The lowest BCUT2D eigenvalue weighted by molar-refractivity contribution is -0.870. The number of likely N-dealkylation sites (N-methyl/N-ethyl adjacent to an activating group) is 1. The van der Waals surface area contributed by atoms with E-state index in [-0.39, 0.29) is 25.6 Å². The maximum absolute atomic E-state index is 12.7. The van der Waals surface area contributed by atoms with Crippen LogP contribution in [-0.4, -0.2) is 74.9 Å². The number of unbranched alkanes of at least 4 members (excludes halogenated alkanes) is 28. The summed E-state index contributed by atoms with van der Waals surface area (Å²) in [5, 5.41) is 0. The third-order valence-corrected chi connectivity index (χ3v) is 11.5. The van der Waals surface area contributed by atoms with Crippen LogP contribution in [0.4, 0.5) is 0 Å². The van der Waals surface area contributed by atoms with E-state index in [0.717, 1.165) is 51.4 Å². The van der Waals surface area contributed by atoms with Gasteiger partial charge in [-0.1, -0.05) is 187 Å². The molecule has 1 N–H and O–H groups in total. The molecule has 9 nitrogen and oxygen atoms in total. The molecule has 0 aromatic carbocycles. The van der Waals surface area contributed by atoms with Gasteiger partial charge in [0.05, 0.1) is 27.7 Å². The molecule has 10 heteroatoms. The highest BCUT2D eigenvalue weighted by molar-refractivity contribution is 7.47. The Balaban J connectivity index is 4.22. The summed E-state index contributed by atoms with van der Waals surface area (Å²) < 4.78 is 34.4. The van der Waals surface area contributed by atoms with Gasteiger partial charge in [-0.3, -0.25) is 18.6 Å². The van der Waals surface area contributed by atoms with Gasteiger partial charge in [-0.25, -0.2) is 4.57 Å². The Hall–Kier alpha value is -1.25. The first-order valence-electron chi connectivity index (χ1n) is 23.9. The smallest absolute Gasteiger partial charge is 0.462 e. The Bertz CT molecular complexity index is 985.